The molecule has 0 aliphatic heterocycles. The number of anilines is 1. The van der Waals surface area contributed by atoms with Crippen molar-refractivity contribution >= 4 is 34.2 Å². The Kier molecular flexibility index (Phi) is 9.04. The van der Waals surface area contributed by atoms with Gasteiger partial charge in [-0.2, -0.15) is 0 Å². The number of rotatable bonds is 8. The van der Waals surface area contributed by atoms with E-state index in [-0.39, 0.29) is 40.0 Å². The van der Waals surface area contributed by atoms with Crippen molar-refractivity contribution < 1.29 is 18.8 Å². The van der Waals surface area contributed by atoms with Gasteiger partial charge in [-0.1, -0.05) is 40.7 Å². The first-order valence-corrected chi connectivity index (χ1v) is 13.4. The van der Waals surface area contributed by atoms with Crippen LogP contribution < -0.4 is 16.0 Å². The van der Waals surface area contributed by atoms with Gasteiger partial charge in [0.05, 0.1) is 0 Å². The van der Waals surface area contributed by atoms with Crippen LogP contribution in [0.1, 0.15) is 78.2 Å². The minimum absolute atomic E-state index is 0.110. The molecule has 1 atom stereocenters. The van der Waals surface area contributed by atoms with Gasteiger partial charge < -0.3 is 10.6 Å². The van der Waals surface area contributed by atoms with Crippen LogP contribution in [0.3, 0.4) is 0 Å². The average molecular weight is 539 g/mol. The van der Waals surface area contributed by atoms with Crippen molar-refractivity contribution in [1.82, 2.24) is 15.6 Å². The second kappa shape index (κ2) is 11.9. The van der Waals surface area contributed by atoms with Crippen LogP contribution in [0.4, 0.5) is 9.52 Å². The number of amides is 3. The molecule has 1 heterocycles. The van der Waals surface area contributed by atoms with Crippen LogP contribution in [0.5, 0.6) is 0 Å². The van der Waals surface area contributed by atoms with Crippen LogP contribution in [-0.4, -0.2) is 35.3 Å². The summed E-state index contributed by atoms with van der Waals surface area (Å²) in [5.74, 6) is -1.59. The quantitative estimate of drug-likeness (QED) is 0.325. The summed E-state index contributed by atoms with van der Waals surface area (Å²) in [5, 5.41) is 10.6. The monoisotopic (exact) mass is 538 g/mol. The van der Waals surface area contributed by atoms with Gasteiger partial charge in [-0.25, -0.2) is 9.37 Å². The molecule has 0 bridgehead atoms. The number of carbonyl (C=O) groups is 3. The van der Waals surface area contributed by atoms with E-state index in [2.05, 4.69) is 20.9 Å². The highest BCUT2D eigenvalue weighted by Crippen LogP contribution is 2.31. The summed E-state index contributed by atoms with van der Waals surface area (Å²) >= 11 is 1.25. The summed E-state index contributed by atoms with van der Waals surface area (Å²) in [6.45, 7) is 13.9. The van der Waals surface area contributed by atoms with Crippen molar-refractivity contribution in [3.05, 3.63) is 70.0 Å². The Bertz CT molecular complexity index is 1330. The Morgan fingerprint density at radius 1 is 0.974 bits per heavy atom. The van der Waals surface area contributed by atoms with Gasteiger partial charge in [0.1, 0.15) is 5.82 Å². The van der Waals surface area contributed by atoms with Gasteiger partial charge >= 0.3 is 0 Å². The molecule has 0 unspecified atom stereocenters. The van der Waals surface area contributed by atoms with Gasteiger partial charge in [-0.3, -0.25) is 19.7 Å². The molecule has 38 heavy (non-hydrogen) atoms. The van der Waals surface area contributed by atoms with E-state index in [1.807, 2.05) is 41.5 Å². The number of thiazole rings is 1. The molecule has 3 amide bonds. The highest BCUT2D eigenvalue weighted by molar-refractivity contribution is 7.13. The summed E-state index contributed by atoms with van der Waals surface area (Å²) in [4.78, 5) is 43.3. The topological polar surface area (TPSA) is 100 Å². The van der Waals surface area contributed by atoms with E-state index < -0.39 is 17.6 Å². The fourth-order valence-corrected chi connectivity index (χ4v) is 4.08. The van der Waals surface area contributed by atoms with Crippen LogP contribution in [-0.2, 0) is 0 Å². The summed E-state index contributed by atoms with van der Waals surface area (Å²) in [6, 6.07) is 7.36. The minimum Gasteiger partial charge on any atom is -0.352 e. The van der Waals surface area contributed by atoms with E-state index in [1.165, 1.54) is 23.5 Å². The number of aromatic nitrogens is 1. The molecular formula is C29H35FN4O3S. The second-order valence-electron chi connectivity index (χ2n) is 10.9. The van der Waals surface area contributed by atoms with Crippen molar-refractivity contribution in [2.24, 2.45) is 11.3 Å². The molecule has 9 heteroatoms. The van der Waals surface area contributed by atoms with Crippen molar-refractivity contribution in [1.29, 1.82) is 0 Å². The first kappa shape index (κ1) is 29.0. The zero-order valence-electron chi connectivity index (χ0n) is 22.9. The molecule has 0 radical (unpaired) electrons. The van der Waals surface area contributed by atoms with E-state index in [0.29, 0.717) is 28.4 Å². The third kappa shape index (κ3) is 7.25. The molecule has 0 fully saturated rings. The number of nitrogens with zero attached hydrogens (tertiary/aromatic N) is 1. The van der Waals surface area contributed by atoms with Gasteiger partial charge in [0.2, 0.25) is 0 Å². The zero-order valence-corrected chi connectivity index (χ0v) is 23.7. The Balaban J connectivity index is 2.08. The van der Waals surface area contributed by atoms with Crippen LogP contribution in [0.15, 0.2) is 41.9 Å². The molecule has 0 aliphatic carbocycles. The summed E-state index contributed by atoms with van der Waals surface area (Å²) in [6.07, 6.45) is 1.57. The van der Waals surface area contributed by atoms with Gasteiger partial charge in [0.15, 0.2) is 5.13 Å². The Labute approximate surface area is 227 Å². The smallest absolute Gasteiger partial charge is 0.258 e. The van der Waals surface area contributed by atoms with Crippen LogP contribution in [0, 0.1) is 24.1 Å². The normalized spacial score (nSPS) is 12.2. The summed E-state index contributed by atoms with van der Waals surface area (Å²) < 4.78 is 15.1. The van der Waals surface area contributed by atoms with Gasteiger partial charge in [-0.15, -0.1) is 11.3 Å². The maximum atomic E-state index is 15.1. The average Bonchev–Trinajstić information content (AvgIpc) is 3.36. The van der Waals surface area contributed by atoms with Gasteiger partial charge in [0, 0.05) is 40.9 Å². The van der Waals surface area contributed by atoms with E-state index in [0.717, 1.165) is 0 Å². The van der Waals surface area contributed by atoms with Crippen LogP contribution >= 0.6 is 11.3 Å². The molecule has 3 rings (SSSR count). The van der Waals surface area contributed by atoms with Crippen molar-refractivity contribution in [3.8, 4) is 11.1 Å². The van der Waals surface area contributed by atoms with Crippen LogP contribution in [0.2, 0.25) is 0 Å². The highest BCUT2D eigenvalue weighted by atomic mass is 32.1. The molecule has 1 aromatic heterocycles. The standard InChI is InChI=1S/C29H35FN4O3S/c1-16(2)18(4)33-26(36)20-13-22(17(3)24(30)14-20)21-9-8-19(25(35)32-15-29(5,6)7)12-23(21)27(37)34-28-31-10-11-38-28/h8-14,16,18H,15H2,1-7H3,(H,32,35)(H,33,36)(H,31,34,37)/t18-/m0/s1. The molecule has 0 saturated carbocycles. The lowest BCUT2D eigenvalue weighted by Crippen LogP contribution is -2.36. The summed E-state index contributed by atoms with van der Waals surface area (Å²) in [5.41, 5.74) is 1.55. The molecule has 3 aromatic rings. The largest absolute Gasteiger partial charge is 0.352 e. The molecule has 3 N–H and O–H groups in total. The molecule has 0 saturated heterocycles. The van der Waals surface area contributed by atoms with Gasteiger partial charge in [0.25, 0.3) is 17.7 Å². The summed E-state index contributed by atoms with van der Waals surface area (Å²) in [7, 11) is 0. The number of hydrogen-bond acceptors (Lipinski definition) is 5. The first-order chi connectivity index (χ1) is 17.8. The molecule has 202 valence electrons. The first-order valence-electron chi connectivity index (χ1n) is 12.5. The van der Waals surface area contributed by atoms with E-state index >= 15 is 4.39 Å². The third-order valence-electron chi connectivity index (χ3n) is 6.21. The van der Waals surface area contributed by atoms with E-state index in [1.54, 1.807) is 36.7 Å². The molecule has 2 aromatic carbocycles. The Morgan fingerprint density at radius 2 is 1.68 bits per heavy atom. The van der Waals surface area contributed by atoms with Crippen molar-refractivity contribution in [2.75, 3.05) is 11.9 Å². The number of nitrogens with one attached hydrogen (secondary N) is 3. The fraction of sp³-hybridized carbons (Fsp3) is 0.379. The molecule has 0 aliphatic rings. The number of benzene rings is 2. The minimum atomic E-state index is -0.567. The number of hydrogen-bond donors (Lipinski definition) is 3. The highest BCUT2D eigenvalue weighted by Gasteiger charge is 2.22. The number of carbonyl (C=O) groups excluding carboxylic acids is 3. The maximum absolute atomic E-state index is 15.1. The fourth-order valence-electron chi connectivity index (χ4n) is 3.55. The SMILES string of the molecule is Cc1c(F)cc(C(=O)N[C@@H](C)C(C)C)cc1-c1ccc(C(=O)NCC(C)(C)C)cc1C(=O)Nc1nccs1. The number of halogens is 1. The molecule has 7 nitrogen and oxygen atoms in total. The maximum Gasteiger partial charge on any atom is 0.258 e. The predicted octanol–water partition coefficient (Wildman–Crippen LogP) is 6.06. The molecule has 0 spiro atoms. The Hall–Kier alpha value is -3.59. The van der Waals surface area contributed by atoms with Crippen molar-refractivity contribution in [3.63, 3.8) is 0 Å². The Morgan fingerprint density at radius 3 is 2.29 bits per heavy atom. The predicted molar refractivity (Wildman–Crippen MR) is 150 cm³/mol. The third-order valence-corrected chi connectivity index (χ3v) is 6.90. The lowest BCUT2D eigenvalue weighted by molar-refractivity contribution is 0.0925. The van der Waals surface area contributed by atoms with Gasteiger partial charge in [-0.05, 0) is 66.1 Å². The van der Waals surface area contributed by atoms with E-state index in [9.17, 15) is 14.4 Å². The lowest BCUT2D eigenvalue weighted by Gasteiger charge is -2.20. The van der Waals surface area contributed by atoms with Crippen LogP contribution in [0.25, 0.3) is 11.1 Å². The zero-order chi connectivity index (χ0) is 28.2. The van der Waals surface area contributed by atoms with E-state index in [4.69, 9.17) is 0 Å². The molecular weight excluding hydrogens is 503 g/mol. The van der Waals surface area contributed by atoms with Crippen molar-refractivity contribution in [2.45, 2.75) is 54.5 Å². The lowest BCUT2D eigenvalue weighted by atomic mass is 9.91. The second-order valence-corrected chi connectivity index (χ2v) is 11.8.